The number of amides is 1. The minimum Gasteiger partial charge on any atom is -0.491 e. The number of piperidine rings is 1. The first-order chi connectivity index (χ1) is 30.5. The lowest BCUT2D eigenvalue weighted by molar-refractivity contribution is 0.0437. The largest absolute Gasteiger partial charge is 0.491 e. The topological polar surface area (TPSA) is 131 Å². The van der Waals surface area contributed by atoms with Gasteiger partial charge < -0.3 is 38.5 Å². The fraction of sp³-hybridized carbons (Fsp3) is 0.500. The van der Waals surface area contributed by atoms with E-state index in [1.807, 2.05) is 63.5 Å². The van der Waals surface area contributed by atoms with E-state index in [2.05, 4.69) is 76.3 Å². The molecule has 15 heteroatoms. The predicted molar refractivity (Wildman–Crippen MR) is 254 cm³/mol. The fourth-order valence-electron chi connectivity index (χ4n) is 8.42. The number of aryl methyl sites for hydroxylation is 2. The molecule has 1 amide bonds. The highest BCUT2D eigenvalue weighted by Gasteiger charge is 2.27. The van der Waals surface area contributed by atoms with Gasteiger partial charge in [-0.05, 0) is 143 Å². The molecule has 1 aliphatic rings. The highest BCUT2D eigenvalue weighted by molar-refractivity contribution is 9.10. The summed E-state index contributed by atoms with van der Waals surface area (Å²) in [6.45, 7) is 16.3. The quantitative estimate of drug-likeness (QED) is 0.0739. The number of likely N-dealkylation sites (tertiary alicyclic amines) is 1. The van der Waals surface area contributed by atoms with Crippen molar-refractivity contribution >= 4 is 61.1 Å². The van der Waals surface area contributed by atoms with Crippen molar-refractivity contribution in [3.05, 3.63) is 91.8 Å². The predicted octanol–water partition coefficient (Wildman–Crippen LogP) is 9.69. The third kappa shape index (κ3) is 11.5. The third-order valence-electron chi connectivity index (χ3n) is 11.5. The van der Waals surface area contributed by atoms with Crippen molar-refractivity contribution in [2.75, 3.05) is 66.4 Å². The Morgan fingerprint density at radius 1 is 0.952 bits per heavy atom. The average Bonchev–Trinajstić information content (AvgIpc) is 3.83. The number of fused-ring (bicyclic) bond motifs is 5. The minimum atomic E-state index is -0.600. The van der Waals surface area contributed by atoms with Gasteiger partial charge in [-0.3, -0.25) is 9.20 Å². The minimum absolute atomic E-state index is 0.249. The van der Waals surface area contributed by atoms with Gasteiger partial charge in [-0.15, -0.1) is 11.3 Å². The number of ether oxygens (including phenoxy) is 5. The van der Waals surface area contributed by atoms with Crippen molar-refractivity contribution in [1.82, 2.24) is 29.2 Å². The zero-order valence-electron chi connectivity index (χ0n) is 37.4. The van der Waals surface area contributed by atoms with Crippen LogP contribution in [0.15, 0.2) is 69.4 Å². The van der Waals surface area contributed by atoms with Crippen LogP contribution >= 0.6 is 27.3 Å². The number of methoxy groups -OCH3 is 1. The molecule has 0 spiro atoms. The number of aromatic nitrogens is 4. The Morgan fingerprint density at radius 3 is 2.44 bits per heavy atom. The second-order valence-corrected chi connectivity index (χ2v) is 18.8. The summed E-state index contributed by atoms with van der Waals surface area (Å²) >= 11 is 5.21. The van der Waals surface area contributed by atoms with Gasteiger partial charge in [0, 0.05) is 30.8 Å². The molecule has 4 heterocycles. The third-order valence-corrected chi connectivity index (χ3v) is 13.2. The summed E-state index contributed by atoms with van der Waals surface area (Å²) in [5.41, 5.74) is 8.07. The van der Waals surface area contributed by atoms with Crippen LogP contribution in [0, 0.1) is 6.92 Å². The van der Waals surface area contributed by atoms with Crippen LogP contribution in [-0.2, 0) is 25.5 Å². The van der Waals surface area contributed by atoms with Crippen LogP contribution in [0.3, 0.4) is 0 Å². The summed E-state index contributed by atoms with van der Waals surface area (Å²) in [5.74, 6) is 1.79. The summed E-state index contributed by atoms with van der Waals surface area (Å²) in [7, 11) is 1.67. The molecule has 3 aromatic carbocycles. The summed E-state index contributed by atoms with van der Waals surface area (Å²) in [6, 6.07) is 18.1. The van der Waals surface area contributed by atoms with E-state index in [0.29, 0.717) is 63.3 Å². The van der Waals surface area contributed by atoms with Gasteiger partial charge in [0.2, 0.25) is 5.78 Å². The number of nitrogens with zero attached hydrogens (tertiary/aromatic N) is 5. The maximum atomic E-state index is 13.3. The van der Waals surface area contributed by atoms with Gasteiger partial charge in [0.05, 0.1) is 70.5 Å². The van der Waals surface area contributed by atoms with Gasteiger partial charge in [0.25, 0.3) is 5.56 Å². The number of carbonyl (C=O) groups is 1. The Bertz CT molecular complexity index is 2520. The monoisotopic (exact) mass is 944 g/mol. The van der Waals surface area contributed by atoms with E-state index in [4.69, 9.17) is 23.7 Å². The molecule has 0 unspecified atom stereocenters. The molecule has 7 rings (SSSR count). The lowest BCUT2D eigenvalue weighted by Crippen LogP contribution is -2.36. The molecule has 1 fully saturated rings. The first kappa shape index (κ1) is 46.6. The van der Waals surface area contributed by atoms with Crippen LogP contribution in [0.1, 0.15) is 88.6 Å². The molecule has 3 aromatic heterocycles. The number of hydrogen-bond acceptors (Lipinski definition) is 11. The second-order valence-electron chi connectivity index (χ2n) is 17.1. The molecule has 1 atom stereocenters. The van der Waals surface area contributed by atoms with Crippen molar-refractivity contribution in [2.24, 2.45) is 0 Å². The number of thiazole rings is 1. The average molecular weight is 946 g/mol. The van der Waals surface area contributed by atoms with E-state index in [-0.39, 0.29) is 11.6 Å². The normalized spacial score (nSPS) is 14.5. The van der Waals surface area contributed by atoms with E-state index >= 15 is 0 Å². The van der Waals surface area contributed by atoms with E-state index in [1.54, 1.807) is 18.4 Å². The van der Waals surface area contributed by atoms with Crippen molar-refractivity contribution in [2.45, 2.75) is 90.8 Å². The van der Waals surface area contributed by atoms with E-state index < -0.39 is 11.7 Å². The van der Waals surface area contributed by atoms with Gasteiger partial charge in [0.1, 0.15) is 18.0 Å². The molecular formula is C48H61BrN6O7S. The zero-order chi connectivity index (χ0) is 44.5. The van der Waals surface area contributed by atoms with Crippen LogP contribution in [0.4, 0.5) is 4.79 Å². The van der Waals surface area contributed by atoms with Crippen molar-refractivity contribution in [3.8, 4) is 16.2 Å². The van der Waals surface area contributed by atoms with Crippen molar-refractivity contribution in [3.63, 3.8) is 0 Å². The fourth-order valence-corrected chi connectivity index (χ4v) is 9.76. The number of halogens is 1. The molecule has 1 aliphatic heterocycles. The van der Waals surface area contributed by atoms with Crippen molar-refractivity contribution in [1.29, 1.82) is 0 Å². The Kier molecular flexibility index (Phi) is 15.9. The zero-order valence-corrected chi connectivity index (χ0v) is 39.8. The van der Waals surface area contributed by atoms with Crippen LogP contribution < -0.4 is 15.6 Å². The van der Waals surface area contributed by atoms with Crippen molar-refractivity contribution < 1.29 is 28.5 Å². The van der Waals surface area contributed by atoms with Crippen LogP contribution in [-0.4, -0.2) is 102 Å². The number of alkyl carbamates (subject to hydrolysis) is 1. The molecule has 63 heavy (non-hydrogen) atoms. The van der Waals surface area contributed by atoms with Gasteiger partial charge in [-0.1, -0.05) is 30.3 Å². The molecule has 6 aromatic rings. The molecule has 338 valence electrons. The number of carbonyl (C=O) groups excluding carboxylic acids is 1. The number of nitrogens with one attached hydrogen (secondary N) is 1. The molecule has 0 saturated carbocycles. The van der Waals surface area contributed by atoms with E-state index in [1.165, 1.54) is 5.56 Å². The summed E-state index contributed by atoms with van der Waals surface area (Å²) in [5, 5.41) is 3.59. The van der Waals surface area contributed by atoms with E-state index in [0.717, 1.165) is 100 Å². The van der Waals surface area contributed by atoms with Gasteiger partial charge in [0.15, 0.2) is 0 Å². The molecule has 13 nitrogen and oxygen atoms in total. The number of imidazole rings is 1. The molecule has 1 N–H and O–H groups in total. The molecule has 0 bridgehead atoms. The number of hydrogen-bond donors (Lipinski definition) is 1. The second kappa shape index (κ2) is 21.5. The molecule has 1 saturated heterocycles. The standard InChI is InChI=1S/C48H61BrN6O7S/c1-7-54-40-28-36(42(61-27-26-59-25-24-58-6)29-41(40)55-39-13-11-12-37(49)43(39)45(56)52-46(54)55)33-18-21-53(22-19-33)20-9-8-10-23-60-30-38(51-47(57)62-48(3,4)5)34-14-16-35(17-15-34)44-32(2)50-31-63-44/h11-17,28-29,31,33,38H,7-10,18-27,30H2,1-6H3,(H,51,57)/t38-/m0/s1. The Balaban J connectivity index is 0.953. The Morgan fingerprint density at radius 2 is 1.73 bits per heavy atom. The first-order valence-electron chi connectivity index (χ1n) is 22.1. The van der Waals surface area contributed by atoms with Gasteiger partial charge in [-0.25, -0.2) is 9.78 Å². The highest BCUT2D eigenvalue weighted by Crippen LogP contribution is 2.39. The number of benzene rings is 3. The van der Waals surface area contributed by atoms with E-state index in [9.17, 15) is 9.59 Å². The first-order valence-corrected chi connectivity index (χ1v) is 23.8. The summed E-state index contributed by atoms with van der Waals surface area (Å²) < 4.78 is 34.1. The maximum Gasteiger partial charge on any atom is 0.408 e. The SMILES string of the molecule is CCn1c2cc(C3CCN(CCCCCOC[C@H](NC(=O)OC(C)(C)C)c4ccc(-c5scnc5C)cc4)CC3)c(OCCOCCOC)cc2n2c3cccc(Br)c3c(=O)nc12. The summed E-state index contributed by atoms with van der Waals surface area (Å²) in [6.07, 6.45) is 4.65. The lowest BCUT2D eigenvalue weighted by Gasteiger charge is -2.33. The lowest BCUT2D eigenvalue weighted by atomic mass is 9.88. The summed E-state index contributed by atoms with van der Waals surface area (Å²) in [4.78, 5) is 38.8. The Hall–Kier alpha value is -4.38. The molecule has 0 aliphatic carbocycles. The van der Waals surface area contributed by atoms with Crippen LogP contribution in [0.25, 0.3) is 38.2 Å². The number of rotatable bonds is 20. The van der Waals surface area contributed by atoms with Crippen LogP contribution in [0.2, 0.25) is 0 Å². The highest BCUT2D eigenvalue weighted by atomic mass is 79.9. The maximum absolute atomic E-state index is 13.3. The number of unbranched alkanes of at least 4 members (excludes halogenated alkanes) is 2. The molecular weight excluding hydrogens is 885 g/mol. The van der Waals surface area contributed by atoms with Gasteiger partial charge in [-0.2, -0.15) is 4.98 Å². The Labute approximate surface area is 382 Å². The van der Waals surface area contributed by atoms with Gasteiger partial charge >= 0.3 is 6.09 Å². The smallest absolute Gasteiger partial charge is 0.408 e. The van der Waals surface area contributed by atoms with Crippen LogP contribution in [0.5, 0.6) is 5.75 Å². The molecule has 0 radical (unpaired) electrons.